The van der Waals surface area contributed by atoms with E-state index in [4.69, 9.17) is 24.0 Å². The van der Waals surface area contributed by atoms with Crippen LogP contribution in [0.15, 0.2) is 35.0 Å². The highest BCUT2D eigenvalue weighted by atomic mass is 16.5. The Kier molecular flexibility index (Phi) is 8.13. The Morgan fingerprint density at radius 2 is 1.85 bits per heavy atom. The number of ether oxygens (including phenoxy) is 2. The number of nitrogens with one attached hydrogen (secondary N) is 1. The maximum Gasteiger partial charge on any atom is 0.258 e. The molecule has 4 rings (SSSR count). The van der Waals surface area contributed by atoms with Gasteiger partial charge in [-0.25, -0.2) is 0 Å². The summed E-state index contributed by atoms with van der Waals surface area (Å²) in [5, 5.41) is 7.98. The van der Waals surface area contributed by atoms with Gasteiger partial charge >= 0.3 is 0 Å². The summed E-state index contributed by atoms with van der Waals surface area (Å²) in [5.74, 6) is 2.42. The van der Waals surface area contributed by atoms with Crippen LogP contribution >= 0.6 is 0 Å². The van der Waals surface area contributed by atoms with Gasteiger partial charge in [0.1, 0.15) is 0 Å². The molecule has 1 unspecified atom stereocenters. The number of hydrogen-bond donors (Lipinski definition) is 1. The Bertz CT molecular complexity index is 1080. The normalized spacial score (nSPS) is 15.0. The molecule has 1 atom stereocenters. The molecule has 1 aliphatic carbocycles. The van der Waals surface area contributed by atoms with Crippen molar-refractivity contribution in [3.63, 3.8) is 0 Å². The van der Waals surface area contributed by atoms with Gasteiger partial charge in [-0.05, 0) is 69.6 Å². The molecule has 182 valence electrons. The number of nitrogens with zero attached hydrogens (tertiary/aromatic N) is 4. The van der Waals surface area contributed by atoms with Gasteiger partial charge in [0.25, 0.3) is 5.89 Å². The van der Waals surface area contributed by atoms with Gasteiger partial charge in [0.2, 0.25) is 5.82 Å². The van der Waals surface area contributed by atoms with Gasteiger partial charge in [0, 0.05) is 30.4 Å². The molecular weight excluding hydrogens is 430 g/mol. The molecule has 0 aliphatic heterocycles. The minimum absolute atomic E-state index is 0.261. The van der Waals surface area contributed by atoms with Crippen molar-refractivity contribution < 1.29 is 14.0 Å². The number of aromatic nitrogens is 3. The molecule has 1 aliphatic rings. The zero-order valence-electron chi connectivity index (χ0n) is 20.6. The summed E-state index contributed by atoms with van der Waals surface area (Å²) in [4.78, 5) is 11.8. The van der Waals surface area contributed by atoms with E-state index in [0.717, 1.165) is 55.8 Å². The summed E-state index contributed by atoms with van der Waals surface area (Å²) in [6, 6.07) is 7.93. The number of likely N-dealkylation sites (N-methyl/N-ethyl adjacent to an activating group) is 1. The topological polar surface area (TPSA) is 85.5 Å². The van der Waals surface area contributed by atoms with Crippen molar-refractivity contribution in [2.24, 2.45) is 0 Å². The smallest absolute Gasteiger partial charge is 0.258 e. The summed E-state index contributed by atoms with van der Waals surface area (Å²) < 4.78 is 17.0. The molecule has 34 heavy (non-hydrogen) atoms. The summed E-state index contributed by atoms with van der Waals surface area (Å²) >= 11 is 0. The number of pyridine rings is 1. The van der Waals surface area contributed by atoms with Crippen molar-refractivity contribution in [3.8, 4) is 34.3 Å². The molecule has 0 amide bonds. The maximum atomic E-state index is 5.74. The van der Waals surface area contributed by atoms with E-state index < -0.39 is 0 Å². The van der Waals surface area contributed by atoms with E-state index in [1.165, 1.54) is 5.56 Å². The summed E-state index contributed by atoms with van der Waals surface area (Å²) in [6.45, 7) is 13.6. The number of benzene rings is 1. The lowest BCUT2D eigenvalue weighted by Gasteiger charge is -2.20. The zero-order valence-corrected chi connectivity index (χ0v) is 20.6. The van der Waals surface area contributed by atoms with Crippen LogP contribution in [0.4, 0.5) is 0 Å². The van der Waals surface area contributed by atoms with Crippen molar-refractivity contribution in [3.05, 3.63) is 41.7 Å². The standard InChI is InChI=1S/C26H35N5O3/c1-5-31(6-2)16-15-27-21-11-10-19-20(13-14-28-24(19)21)25-29-26(34-30-25)18-9-12-22(32-7-3)23(17-18)33-8-4/h9,12-14,17,21,27H,5-8,10-11,15-16H2,1-4H3. The van der Waals surface area contributed by atoms with Gasteiger partial charge in [0.15, 0.2) is 11.5 Å². The van der Waals surface area contributed by atoms with E-state index in [1.807, 2.05) is 44.3 Å². The highest BCUT2D eigenvalue weighted by Gasteiger charge is 2.28. The molecule has 2 heterocycles. The molecule has 0 saturated heterocycles. The fraction of sp³-hybridized carbons (Fsp3) is 0.500. The van der Waals surface area contributed by atoms with Crippen LogP contribution in [0.2, 0.25) is 0 Å². The van der Waals surface area contributed by atoms with Crippen molar-refractivity contribution in [2.45, 2.75) is 46.6 Å². The number of fused-ring (bicyclic) bond motifs is 1. The van der Waals surface area contributed by atoms with Crippen molar-refractivity contribution in [1.82, 2.24) is 25.3 Å². The Morgan fingerprint density at radius 3 is 2.62 bits per heavy atom. The second-order valence-corrected chi connectivity index (χ2v) is 8.25. The molecule has 0 saturated carbocycles. The molecule has 0 bridgehead atoms. The largest absolute Gasteiger partial charge is 0.490 e. The highest BCUT2D eigenvalue weighted by Crippen LogP contribution is 2.37. The molecule has 3 aromatic rings. The lowest BCUT2D eigenvalue weighted by molar-refractivity contribution is 0.288. The maximum absolute atomic E-state index is 5.74. The fourth-order valence-electron chi connectivity index (χ4n) is 4.48. The van der Waals surface area contributed by atoms with Crippen LogP contribution in [-0.2, 0) is 6.42 Å². The predicted octanol–water partition coefficient (Wildman–Crippen LogP) is 4.51. The van der Waals surface area contributed by atoms with Gasteiger partial charge < -0.3 is 24.2 Å². The van der Waals surface area contributed by atoms with E-state index in [0.29, 0.717) is 36.4 Å². The quantitative estimate of drug-likeness (QED) is 0.418. The first-order chi connectivity index (χ1) is 16.7. The van der Waals surface area contributed by atoms with Gasteiger partial charge in [-0.2, -0.15) is 4.98 Å². The Labute approximate surface area is 201 Å². The van der Waals surface area contributed by atoms with Crippen LogP contribution in [0.25, 0.3) is 22.8 Å². The van der Waals surface area contributed by atoms with Crippen molar-refractivity contribution >= 4 is 0 Å². The fourth-order valence-corrected chi connectivity index (χ4v) is 4.48. The van der Waals surface area contributed by atoms with E-state index in [2.05, 4.69) is 29.2 Å². The Morgan fingerprint density at radius 1 is 1.06 bits per heavy atom. The SMILES string of the molecule is CCOc1ccc(-c2nc(-c3ccnc4c3CCC4NCCN(CC)CC)no2)cc1OCC. The molecule has 1 aromatic carbocycles. The molecule has 0 radical (unpaired) electrons. The van der Waals surface area contributed by atoms with Gasteiger partial charge in [-0.3, -0.25) is 4.98 Å². The average Bonchev–Trinajstić information content (AvgIpc) is 3.51. The molecule has 1 N–H and O–H groups in total. The summed E-state index contributed by atoms with van der Waals surface area (Å²) in [7, 11) is 0. The summed E-state index contributed by atoms with van der Waals surface area (Å²) in [6.07, 6.45) is 3.82. The molecule has 0 fully saturated rings. The van der Waals surface area contributed by atoms with E-state index in [-0.39, 0.29) is 6.04 Å². The van der Waals surface area contributed by atoms with Crippen LogP contribution in [-0.4, -0.2) is 59.4 Å². The van der Waals surface area contributed by atoms with E-state index in [9.17, 15) is 0 Å². The first-order valence-corrected chi connectivity index (χ1v) is 12.4. The third kappa shape index (κ3) is 5.23. The third-order valence-corrected chi connectivity index (χ3v) is 6.27. The van der Waals surface area contributed by atoms with Crippen LogP contribution in [0.5, 0.6) is 11.5 Å². The average molecular weight is 466 g/mol. The lowest BCUT2D eigenvalue weighted by Crippen LogP contribution is -2.33. The first kappa shape index (κ1) is 24.2. The van der Waals surface area contributed by atoms with Crippen LogP contribution < -0.4 is 14.8 Å². The second kappa shape index (κ2) is 11.4. The van der Waals surface area contributed by atoms with E-state index in [1.54, 1.807) is 0 Å². The minimum atomic E-state index is 0.261. The molecule has 2 aromatic heterocycles. The monoisotopic (exact) mass is 465 g/mol. The zero-order chi connectivity index (χ0) is 23.9. The first-order valence-electron chi connectivity index (χ1n) is 12.4. The predicted molar refractivity (Wildman–Crippen MR) is 132 cm³/mol. The summed E-state index contributed by atoms with van der Waals surface area (Å²) in [5.41, 5.74) is 4.09. The van der Waals surface area contributed by atoms with Crippen molar-refractivity contribution in [2.75, 3.05) is 39.4 Å². The molecule has 8 nitrogen and oxygen atoms in total. The highest BCUT2D eigenvalue weighted by molar-refractivity contribution is 5.66. The third-order valence-electron chi connectivity index (χ3n) is 6.27. The Balaban J connectivity index is 1.53. The second-order valence-electron chi connectivity index (χ2n) is 8.25. The number of hydrogen-bond acceptors (Lipinski definition) is 8. The van der Waals surface area contributed by atoms with E-state index >= 15 is 0 Å². The van der Waals surface area contributed by atoms with Crippen LogP contribution in [0.1, 0.15) is 51.4 Å². The molecular formula is C26H35N5O3. The molecule has 8 heteroatoms. The van der Waals surface area contributed by atoms with Gasteiger partial charge in [0.05, 0.1) is 24.9 Å². The lowest BCUT2D eigenvalue weighted by atomic mass is 10.1. The Hall–Kier alpha value is -2.97. The van der Waals surface area contributed by atoms with Crippen LogP contribution in [0, 0.1) is 0 Å². The van der Waals surface area contributed by atoms with Crippen LogP contribution in [0.3, 0.4) is 0 Å². The number of rotatable bonds is 12. The molecule has 0 spiro atoms. The minimum Gasteiger partial charge on any atom is -0.490 e. The van der Waals surface area contributed by atoms with Crippen molar-refractivity contribution in [1.29, 1.82) is 0 Å². The van der Waals surface area contributed by atoms with Gasteiger partial charge in [-0.1, -0.05) is 19.0 Å². The van der Waals surface area contributed by atoms with Gasteiger partial charge in [-0.15, -0.1) is 0 Å².